The van der Waals surface area contributed by atoms with E-state index >= 15 is 0 Å². The van der Waals surface area contributed by atoms with Crippen LogP contribution in [0.1, 0.15) is 12.5 Å². The molecule has 10 nitrogen and oxygen atoms in total. The van der Waals surface area contributed by atoms with E-state index in [4.69, 9.17) is 4.74 Å². The first kappa shape index (κ1) is 21.8. The van der Waals surface area contributed by atoms with Crippen LogP contribution >= 0.6 is 0 Å². The molecule has 0 radical (unpaired) electrons. The van der Waals surface area contributed by atoms with E-state index < -0.39 is 26.9 Å². The second kappa shape index (κ2) is 9.15. The number of hydrogen-bond donors (Lipinski definition) is 1. The highest BCUT2D eigenvalue weighted by Crippen LogP contribution is 2.23. The molecule has 154 valence electrons. The molecule has 0 bridgehead atoms. The Balaban J connectivity index is 2.13. The zero-order chi connectivity index (χ0) is 21.6. The summed E-state index contributed by atoms with van der Waals surface area (Å²) in [5, 5.41) is 14.4. The lowest BCUT2D eigenvalue weighted by atomic mass is 10.2. The molecule has 0 aliphatic carbocycles. The van der Waals surface area contributed by atoms with Gasteiger partial charge in [-0.05, 0) is 48.9 Å². The summed E-state index contributed by atoms with van der Waals surface area (Å²) < 4.78 is 30.5. The van der Waals surface area contributed by atoms with Crippen LogP contribution in [0.2, 0.25) is 0 Å². The molecule has 1 N–H and O–H groups in total. The predicted molar refractivity (Wildman–Crippen MR) is 109 cm³/mol. The number of carbonyl (C=O) groups excluding carboxylic acids is 1. The van der Waals surface area contributed by atoms with Crippen LogP contribution < -0.4 is 14.5 Å². The van der Waals surface area contributed by atoms with Gasteiger partial charge in [0.05, 0.1) is 30.2 Å². The molecule has 29 heavy (non-hydrogen) atoms. The number of hydrogen-bond acceptors (Lipinski definition) is 7. The summed E-state index contributed by atoms with van der Waals surface area (Å²) in [7, 11) is -2.27. The highest BCUT2D eigenvalue weighted by molar-refractivity contribution is 7.92. The number of hydrazone groups is 1. The zero-order valence-electron chi connectivity index (χ0n) is 16.0. The fourth-order valence-electron chi connectivity index (χ4n) is 2.48. The lowest BCUT2D eigenvalue weighted by Gasteiger charge is -2.27. The van der Waals surface area contributed by atoms with E-state index in [1.165, 1.54) is 56.6 Å². The van der Waals surface area contributed by atoms with Gasteiger partial charge < -0.3 is 4.74 Å². The molecule has 0 aromatic heterocycles. The summed E-state index contributed by atoms with van der Waals surface area (Å²) in [5.41, 5.74) is 3.04. The highest BCUT2D eigenvalue weighted by atomic mass is 32.2. The average molecular weight is 420 g/mol. The van der Waals surface area contributed by atoms with Gasteiger partial charge in [-0.25, -0.2) is 13.8 Å². The lowest BCUT2D eigenvalue weighted by Crippen LogP contribution is -2.46. The van der Waals surface area contributed by atoms with Gasteiger partial charge in [0.2, 0.25) is 10.0 Å². The van der Waals surface area contributed by atoms with Gasteiger partial charge in [0.1, 0.15) is 11.8 Å². The molecule has 11 heteroatoms. The Labute approximate surface area is 168 Å². The number of nitro groups is 1. The van der Waals surface area contributed by atoms with Gasteiger partial charge in [-0.1, -0.05) is 0 Å². The van der Waals surface area contributed by atoms with Crippen molar-refractivity contribution >= 4 is 33.5 Å². The molecule has 1 amide bonds. The number of benzene rings is 2. The molecule has 2 aromatic carbocycles. The Morgan fingerprint density at radius 3 is 2.28 bits per heavy atom. The third-order valence-corrected chi connectivity index (χ3v) is 5.15. The van der Waals surface area contributed by atoms with Gasteiger partial charge in [-0.2, -0.15) is 5.10 Å². The quantitative estimate of drug-likeness (QED) is 0.394. The summed E-state index contributed by atoms with van der Waals surface area (Å²) >= 11 is 0. The molecule has 0 saturated carbocycles. The minimum atomic E-state index is -3.76. The normalized spacial score (nSPS) is 12.4. The summed E-state index contributed by atoms with van der Waals surface area (Å²) in [6.07, 6.45) is 2.30. The van der Waals surface area contributed by atoms with E-state index in [2.05, 4.69) is 10.5 Å². The molecule has 0 aliphatic rings. The van der Waals surface area contributed by atoms with Crippen LogP contribution in [0, 0.1) is 10.1 Å². The maximum absolute atomic E-state index is 12.4. The van der Waals surface area contributed by atoms with Crippen LogP contribution in [-0.4, -0.2) is 44.9 Å². The molecular formula is C18H20N4O6S. The van der Waals surface area contributed by atoms with Crippen molar-refractivity contribution in [1.82, 2.24) is 5.43 Å². The van der Waals surface area contributed by atoms with Gasteiger partial charge in [0.25, 0.3) is 11.6 Å². The van der Waals surface area contributed by atoms with E-state index in [0.29, 0.717) is 17.0 Å². The minimum Gasteiger partial charge on any atom is -0.497 e. The Bertz CT molecular complexity index is 1000. The van der Waals surface area contributed by atoms with Crippen molar-refractivity contribution in [1.29, 1.82) is 0 Å². The monoisotopic (exact) mass is 420 g/mol. The number of anilines is 1. The van der Waals surface area contributed by atoms with Crippen molar-refractivity contribution in [2.24, 2.45) is 5.10 Å². The van der Waals surface area contributed by atoms with Crippen LogP contribution in [0.3, 0.4) is 0 Å². The molecular weight excluding hydrogens is 400 g/mol. The van der Waals surface area contributed by atoms with Gasteiger partial charge >= 0.3 is 0 Å². The molecule has 0 fully saturated rings. The van der Waals surface area contributed by atoms with Crippen molar-refractivity contribution in [2.75, 3.05) is 17.7 Å². The number of methoxy groups -OCH3 is 1. The summed E-state index contributed by atoms with van der Waals surface area (Å²) in [5.74, 6) is -0.101. The fourth-order valence-corrected chi connectivity index (χ4v) is 3.66. The standard InChI is InChI=1S/C18H20N4O6S/c1-13(21(29(3,26)27)15-8-10-17(28-2)11-9-15)18(23)20-19-12-14-4-6-16(7-5-14)22(24)25/h4-13H,1-3H3,(H,20,23)/b19-12-/t13-/m0/s1. The topological polar surface area (TPSA) is 131 Å². The van der Waals surface area contributed by atoms with Crippen molar-refractivity contribution in [2.45, 2.75) is 13.0 Å². The number of nitrogens with one attached hydrogen (secondary N) is 1. The first-order valence-corrected chi connectivity index (χ1v) is 10.2. The maximum Gasteiger partial charge on any atom is 0.269 e. The number of amides is 1. The Morgan fingerprint density at radius 1 is 1.21 bits per heavy atom. The number of non-ortho nitro benzene ring substituents is 1. The third kappa shape index (κ3) is 5.75. The van der Waals surface area contributed by atoms with Crippen LogP contribution in [0.25, 0.3) is 0 Å². The average Bonchev–Trinajstić information content (AvgIpc) is 2.67. The first-order valence-electron chi connectivity index (χ1n) is 8.34. The fraction of sp³-hybridized carbons (Fsp3) is 0.222. The predicted octanol–water partition coefficient (Wildman–Crippen LogP) is 1.91. The van der Waals surface area contributed by atoms with Gasteiger partial charge in [-0.15, -0.1) is 0 Å². The zero-order valence-corrected chi connectivity index (χ0v) is 16.8. The SMILES string of the molecule is COc1ccc(N([C@@H](C)C(=O)N/N=C\c2ccc([N+](=O)[O-])cc2)S(C)(=O)=O)cc1. The van der Waals surface area contributed by atoms with Crippen LogP contribution in [-0.2, 0) is 14.8 Å². The van der Waals surface area contributed by atoms with E-state index in [9.17, 15) is 23.3 Å². The van der Waals surface area contributed by atoms with Gasteiger partial charge in [0.15, 0.2) is 0 Å². The van der Waals surface area contributed by atoms with Crippen molar-refractivity contribution < 1.29 is 22.9 Å². The molecule has 0 unspecified atom stereocenters. The van der Waals surface area contributed by atoms with E-state index in [-0.39, 0.29) is 5.69 Å². The molecule has 0 aliphatic heterocycles. The third-order valence-electron chi connectivity index (χ3n) is 3.91. The van der Waals surface area contributed by atoms with Crippen molar-refractivity contribution in [3.8, 4) is 5.75 Å². The number of ether oxygens (including phenoxy) is 1. The Kier molecular flexibility index (Phi) is 6.89. The lowest BCUT2D eigenvalue weighted by molar-refractivity contribution is -0.384. The first-order chi connectivity index (χ1) is 13.6. The molecule has 1 atom stereocenters. The number of sulfonamides is 1. The second-order valence-electron chi connectivity index (χ2n) is 6.02. The highest BCUT2D eigenvalue weighted by Gasteiger charge is 2.29. The van der Waals surface area contributed by atoms with Crippen molar-refractivity contribution in [3.63, 3.8) is 0 Å². The van der Waals surface area contributed by atoms with E-state index in [0.717, 1.165) is 10.6 Å². The molecule has 0 spiro atoms. The molecule has 2 aromatic rings. The van der Waals surface area contributed by atoms with Crippen molar-refractivity contribution in [3.05, 3.63) is 64.2 Å². The largest absolute Gasteiger partial charge is 0.497 e. The summed E-state index contributed by atoms with van der Waals surface area (Å²) in [6, 6.07) is 10.7. The maximum atomic E-state index is 12.4. The van der Waals surface area contributed by atoms with Crippen LogP contribution in [0.5, 0.6) is 5.75 Å². The number of nitro benzene ring substituents is 1. The van der Waals surface area contributed by atoms with Gasteiger partial charge in [-0.3, -0.25) is 19.2 Å². The molecule has 0 heterocycles. The Hall–Kier alpha value is -3.47. The van der Waals surface area contributed by atoms with E-state index in [1.807, 2.05) is 0 Å². The molecule has 0 saturated heterocycles. The summed E-state index contributed by atoms with van der Waals surface area (Å²) in [4.78, 5) is 22.5. The number of carbonyl (C=O) groups is 1. The minimum absolute atomic E-state index is 0.0666. The summed E-state index contributed by atoms with van der Waals surface area (Å²) in [6.45, 7) is 1.43. The Morgan fingerprint density at radius 2 is 1.79 bits per heavy atom. The van der Waals surface area contributed by atoms with Crippen LogP contribution in [0.4, 0.5) is 11.4 Å². The number of rotatable bonds is 8. The smallest absolute Gasteiger partial charge is 0.269 e. The van der Waals surface area contributed by atoms with Gasteiger partial charge in [0, 0.05) is 12.1 Å². The second-order valence-corrected chi connectivity index (χ2v) is 7.88. The number of nitrogens with zero attached hydrogens (tertiary/aromatic N) is 3. The van der Waals surface area contributed by atoms with Crippen LogP contribution in [0.15, 0.2) is 53.6 Å². The molecule has 2 rings (SSSR count). The van der Waals surface area contributed by atoms with E-state index in [1.54, 1.807) is 12.1 Å².